The SMILES string of the molecule is N#CC(O)c1ccc([N+](=O)[O-])cc1. The molecule has 1 aromatic carbocycles. The van der Waals surface area contributed by atoms with Crippen LogP contribution in [0.15, 0.2) is 24.3 Å². The minimum atomic E-state index is -1.22. The first-order valence-corrected chi connectivity index (χ1v) is 3.47. The lowest BCUT2D eigenvalue weighted by Gasteiger charge is -1.99. The molecule has 0 fully saturated rings. The molecule has 1 aromatic rings. The zero-order chi connectivity index (χ0) is 9.84. The van der Waals surface area contributed by atoms with E-state index in [-0.39, 0.29) is 5.69 Å². The Kier molecular flexibility index (Phi) is 2.57. The smallest absolute Gasteiger partial charge is 0.269 e. The lowest BCUT2D eigenvalue weighted by atomic mass is 10.1. The summed E-state index contributed by atoms with van der Waals surface area (Å²) in [5.41, 5.74) is 0.294. The number of nitriles is 1. The zero-order valence-electron chi connectivity index (χ0n) is 6.54. The van der Waals surface area contributed by atoms with Crippen molar-refractivity contribution in [3.63, 3.8) is 0 Å². The van der Waals surface area contributed by atoms with Gasteiger partial charge in [0.05, 0.1) is 11.0 Å². The lowest BCUT2D eigenvalue weighted by Crippen LogP contribution is -1.94. The molecule has 0 aliphatic rings. The predicted molar refractivity (Wildman–Crippen MR) is 43.7 cm³/mol. The third kappa shape index (κ3) is 2.01. The Bertz CT molecular complexity index is 353. The molecule has 1 N–H and O–H groups in total. The molecule has 0 amide bonds. The van der Waals surface area contributed by atoms with Crippen molar-refractivity contribution in [2.45, 2.75) is 6.10 Å². The first-order chi connectivity index (χ1) is 6.15. The molecule has 5 heteroatoms. The first kappa shape index (κ1) is 9.16. The highest BCUT2D eigenvalue weighted by Crippen LogP contribution is 2.16. The standard InChI is InChI=1S/C8H6N2O3/c9-5-8(11)6-1-3-7(4-2-6)10(12)13/h1-4,8,11H. The van der Waals surface area contributed by atoms with E-state index >= 15 is 0 Å². The highest BCUT2D eigenvalue weighted by molar-refractivity contribution is 5.34. The maximum Gasteiger partial charge on any atom is 0.269 e. The number of hydrogen-bond acceptors (Lipinski definition) is 4. The fraction of sp³-hybridized carbons (Fsp3) is 0.125. The number of aliphatic hydroxyl groups excluding tert-OH is 1. The summed E-state index contributed by atoms with van der Waals surface area (Å²) in [5.74, 6) is 0. The Morgan fingerprint density at radius 1 is 1.46 bits per heavy atom. The number of aliphatic hydroxyl groups is 1. The largest absolute Gasteiger partial charge is 0.374 e. The van der Waals surface area contributed by atoms with Crippen LogP contribution in [0.3, 0.4) is 0 Å². The van der Waals surface area contributed by atoms with Crippen molar-refractivity contribution in [1.82, 2.24) is 0 Å². The molecule has 1 rings (SSSR count). The molecule has 0 saturated heterocycles. The number of nitrogens with zero attached hydrogens (tertiary/aromatic N) is 2. The average Bonchev–Trinajstić information content (AvgIpc) is 2.17. The van der Waals surface area contributed by atoms with Gasteiger partial charge < -0.3 is 5.11 Å². The molecule has 0 aliphatic carbocycles. The molecule has 0 radical (unpaired) electrons. The van der Waals surface area contributed by atoms with Crippen LogP contribution in [0.2, 0.25) is 0 Å². The molecule has 0 saturated carbocycles. The molecule has 0 aromatic heterocycles. The van der Waals surface area contributed by atoms with Gasteiger partial charge in [0.25, 0.3) is 5.69 Å². The molecule has 0 aliphatic heterocycles. The highest BCUT2D eigenvalue weighted by Gasteiger charge is 2.08. The summed E-state index contributed by atoms with van der Waals surface area (Å²) >= 11 is 0. The molecule has 66 valence electrons. The molecule has 0 heterocycles. The van der Waals surface area contributed by atoms with Gasteiger partial charge in [0.2, 0.25) is 0 Å². The minimum Gasteiger partial charge on any atom is -0.374 e. The van der Waals surface area contributed by atoms with Crippen LogP contribution in [0.1, 0.15) is 11.7 Å². The molecular weight excluding hydrogens is 172 g/mol. The molecule has 0 bridgehead atoms. The van der Waals surface area contributed by atoms with Gasteiger partial charge in [-0.3, -0.25) is 10.1 Å². The maximum absolute atomic E-state index is 10.2. The van der Waals surface area contributed by atoms with Crippen molar-refractivity contribution in [1.29, 1.82) is 5.26 Å². The summed E-state index contributed by atoms with van der Waals surface area (Å²) in [6.45, 7) is 0. The summed E-state index contributed by atoms with van der Waals surface area (Å²) in [6, 6.07) is 6.81. The summed E-state index contributed by atoms with van der Waals surface area (Å²) in [4.78, 5) is 9.69. The van der Waals surface area contributed by atoms with Gasteiger partial charge in [0, 0.05) is 12.1 Å². The van der Waals surface area contributed by atoms with Crippen LogP contribution in [-0.4, -0.2) is 10.0 Å². The van der Waals surface area contributed by atoms with Crippen molar-refractivity contribution in [2.75, 3.05) is 0 Å². The molecule has 1 atom stereocenters. The fourth-order valence-electron chi connectivity index (χ4n) is 0.853. The van der Waals surface area contributed by atoms with E-state index in [1.54, 1.807) is 6.07 Å². The third-order valence-corrected chi connectivity index (χ3v) is 1.54. The van der Waals surface area contributed by atoms with Crippen molar-refractivity contribution in [3.8, 4) is 6.07 Å². The van der Waals surface area contributed by atoms with Crippen molar-refractivity contribution in [3.05, 3.63) is 39.9 Å². The van der Waals surface area contributed by atoms with E-state index in [4.69, 9.17) is 10.4 Å². The second kappa shape index (κ2) is 3.65. The monoisotopic (exact) mass is 178 g/mol. The van der Waals surface area contributed by atoms with Gasteiger partial charge in [-0.1, -0.05) is 0 Å². The molecule has 0 spiro atoms. The molecule has 13 heavy (non-hydrogen) atoms. The fourth-order valence-corrected chi connectivity index (χ4v) is 0.853. The van der Waals surface area contributed by atoms with Crippen molar-refractivity contribution < 1.29 is 10.0 Å². The number of nitro groups is 1. The Hall–Kier alpha value is -1.93. The van der Waals surface area contributed by atoms with Crippen LogP contribution < -0.4 is 0 Å². The van der Waals surface area contributed by atoms with E-state index < -0.39 is 11.0 Å². The van der Waals surface area contributed by atoms with Crippen LogP contribution in [0.25, 0.3) is 0 Å². The number of benzene rings is 1. The Balaban J connectivity index is 2.95. The van der Waals surface area contributed by atoms with Crippen LogP contribution in [0.4, 0.5) is 5.69 Å². The Morgan fingerprint density at radius 3 is 2.38 bits per heavy atom. The van der Waals surface area contributed by atoms with Gasteiger partial charge in [0.1, 0.15) is 0 Å². The van der Waals surface area contributed by atoms with E-state index in [2.05, 4.69) is 0 Å². The van der Waals surface area contributed by atoms with Gasteiger partial charge in [-0.25, -0.2) is 0 Å². The average molecular weight is 178 g/mol. The van der Waals surface area contributed by atoms with Gasteiger partial charge in [-0.2, -0.15) is 5.26 Å². The van der Waals surface area contributed by atoms with Gasteiger partial charge in [0.15, 0.2) is 6.10 Å². The summed E-state index contributed by atoms with van der Waals surface area (Å²) in [7, 11) is 0. The summed E-state index contributed by atoms with van der Waals surface area (Å²) in [6.07, 6.45) is -1.22. The Morgan fingerprint density at radius 2 is 2.00 bits per heavy atom. The maximum atomic E-state index is 10.2. The highest BCUT2D eigenvalue weighted by atomic mass is 16.6. The van der Waals surface area contributed by atoms with Gasteiger partial charge in [-0.05, 0) is 17.7 Å². The lowest BCUT2D eigenvalue weighted by molar-refractivity contribution is -0.384. The Labute approximate surface area is 74.0 Å². The number of non-ortho nitro benzene ring substituents is 1. The topological polar surface area (TPSA) is 87.2 Å². The molecule has 1 unspecified atom stereocenters. The van der Waals surface area contributed by atoms with E-state index in [1.807, 2.05) is 0 Å². The van der Waals surface area contributed by atoms with Gasteiger partial charge >= 0.3 is 0 Å². The third-order valence-electron chi connectivity index (χ3n) is 1.54. The van der Waals surface area contributed by atoms with E-state index in [0.29, 0.717) is 5.56 Å². The van der Waals surface area contributed by atoms with Crippen LogP contribution in [-0.2, 0) is 0 Å². The van der Waals surface area contributed by atoms with Gasteiger partial charge in [-0.15, -0.1) is 0 Å². The normalized spacial score (nSPS) is 11.7. The summed E-state index contributed by atoms with van der Waals surface area (Å²) < 4.78 is 0. The quantitative estimate of drug-likeness (QED) is 0.418. The molecule has 5 nitrogen and oxygen atoms in total. The minimum absolute atomic E-state index is 0.0612. The predicted octanol–water partition coefficient (Wildman–Crippen LogP) is 1.15. The van der Waals surface area contributed by atoms with Crippen molar-refractivity contribution in [2.24, 2.45) is 0 Å². The van der Waals surface area contributed by atoms with Crippen LogP contribution in [0.5, 0.6) is 0 Å². The molecular formula is C8H6N2O3. The summed E-state index contributed by atoms with van der Waals surface area (Å²) in [5, 5.41) is 27.6. The van der Waals surface area contributed by atoms with E-state index in [0.717, 1.165) is 0 Å². The zero-order valence-corrected chi connectivity index (χ0v) is 6.54. The van der Waals surface area contributed by atoms with Crippen LogP contribution in [0, 0.1) is 21.4 Å². The second-order valence-electron chi connectivity index (χ2n) is 2.38. The number of rotatable bonds is 2. The van der Waals surface area contributed by atoms with Crippen molar-refractivity contribution >= 4 is 5.69 Å². The van der Waals surface area contributed by atoms with E-state index in [1.165, 1.54) is 24.3 Å². The van der Waals surface area contributed by atoms with Crippen LogP contribution >= 0.6 is 0 Å². The first-order valence-electron chi connectivity index (χ1n) is 3.47. The van der Waals surface area contributed by atoms with E-state index in [9.17, 15) is 10.1 Å². The number of hydrogen-bond donors (Lipinski definition) is 1. The second-order valence-corrected chi connectivity index (χ2v) is 2.38. The number of nitro benzene ring substituents is 1.